The van der Waals surface area contributed by atoms with E-state index in [9.17, 15) is 0 Å². The van der Waals surface area contributed by atoms with Crippen LogP contribution in [-0.4, -0.2) is 58.7 Å². The van der Waals surface area contributed by atoms with Crippen LogP contribution in [0.2, 0.25) is 0 Å². The van der Waals surface area contributed by atoms with Crippen molar-refractivity contribution in [1.29, 1.82) is 0 Å². The Morgan fingerprint density at radius 2 is 0.690 bits per heavy atom. The third-order valence-electron chi connectivity index (χ3n) is 4.93. The lowest BCUT2D eigenvalue weighted by Gasteiger charge is -2.07. The molecule has 0 aliphatic rings. The Morgan fingerprint density at radius 3 is 1.07 bits per heavy atom. The van der Waals surface area contributed by atoms with Gasteiger partial charge in [-0.05, 0) is 19.3 Å². The average molecular weight is 437 g/mol. The van der Waals surface area contributed by atoms with Gasteiger partial charge in [-0.15, -0.1) is 11.6 Å². The molecule has 0 saturated carbocycles. The standard InChI is InChI=1S/C24H49ClO4/c1-2-3-4-5-6-7-8-9-11-14-17-26-19-21-28-23-24-29-22-20-27-18-15-12-10-13-16-25/h2-24H2,1H3. The van der Waals surface area contributed by atoms with Crippen LogP contribution in [0.4, 0.5) is 0 Å². The Balaban J connectivity index is 2.97. The van der Waals surface area contributed by atoms with Crippen LogP contribution in [-0.2, 0) is 18.9 Å². The summed E-state index contributed by atoms with van der Waals surface area (Å²) in [5, 5.41) is 0. The van der Waals surface area contributed by atoms with Crippen molar-refractivity contribution in [1.82, 2.24) is 0 Å². The molecule has 0 atom stereocenters. The highest BCUT2D eigenvalue weighted by atomic mass is 35.5. The quantitative estimate of drug-likeness (QED) is 0.111. The zero-order chi connectivity index (χ0) is 21.1. The molecule has 0 fully saturated rings. The fraction of sp³-hybridized carbons (Fsp3) is 1.00. The number of unbranched alkanes of at least 4 members (excludes halogenated alkanes) is 12. The molecule has 0 rings (SSSR count). The first kappa shape index (κ1) is 29.1. The lowest BCUT2D eigenvalue weighted by Crippen LogP contribution is -2.12. The van der Waals surface area contributed by atoms with E-state index in [2.05, 4.69) is 6.92 Å². The molecule has 0 bridgehead atoms. The molecule has 0 aliphatic heterocycles. The maximum atomic E-state index is 5.64. The number of alkyl halides is 1. The second-order valence-electron chi connectivity index (χ2n) is 7.73. The summed E-state index contributed by atoms with van der Waals surface area (Å²) in [7, 11) is 0. The summed E-state index contributed by atoms with van der Waals surface area (Å²) in [6.07, 6.45) is 18.2. The van der Waals surface area contributed by atoms with Gasteiger partial charge in [0.2, 0.25) is 0 Å². The van der Waals surface area contributed by atoms with Crippen molar-refractivity contribution in [2.24, 2.45) is 0 Å². The summed E-state index contributed by atoms with van der Waals surface area (Å²) < 4.78 is 22.2. The smallest absolute Gasteiger partial charge is 0.0701 e. The number of rotatable bonds is 26. The van der Waals surface area contributed by atoms with Gasteiger partial charge < -0.3 is 18.9 Å². The molecule has 0 N–H and O–H groups in total. The van der Waals surface area contributed by atoms with Crippen LogP contribution in [0.15, 0.2) is 0 Å². The van der Waals surface area contributed by atoms with Gasteiger partial charge in [0.25, 0.3) is 0 Å². The molecule has 0 amide bonds. The minimum Gasteiger partial charge on any atom is -0.379 e. The first-order valence-electron chi connectivity index (χ1n) is 12.3. The largest absolute Gasteiger partial charge is 0.379 e. The summed E-state index contributed by atoms with van der Waals surface area (Å²) in [4.78, 5) is 0. The van der Waals surface area contributed by atoms with E-state index in [0.717, 1.165) is 31.9 Å². The molecule has 176 valence electrons. The van der Waals surface area contributed by atoms with E-state index in [1.807, 2.05) is 0 Å². The summed E-state index contributed by atoms with van der Waals surface area (Å²) in [6.45, 7) is 7.84. The molecule has 0 aromatic rings. The number of ether oxygens (including phenoxy) is 4. The van der Waals surface area contributed by atoms with Crippen LogP contribution in [0.25, 0.3) is 0 Å². The molecule has 0 aromatic carbocycles. The van der Waals surface area contributed by atoms with Gasteiger partial charge in [0.1, 0.15) is 0 Å². The Hall–Kier alpha value is 0.130. The SMILES string of the molecule is CCCCCCCCCCCCOCCOCCOCCOCCCCCCCl. The van der Waals surface area contributed by atoms with Gasteiger partial charge in [-0.2, -0.15) is 0 Å². The average Bonchev–Trinajstić information content (AvgIpc) is 2.74. The number of halogens is 1. The second kappa shape index (κ2) is 28.1. The fourth-order valence-electron chi connectivity index (χ4n) is 3.11. The monoisotopic (exact) mass is 436 g/mol. The van der Waals surface area contributed by atoms with E-state index in [4.69, 9.17) is 30.5 Å². The number of hydrogen-bond acceptors (Lipinski definition) is 4. The van der Waals surface area contributed by atoms with Crippen LogP contribution in [0.3, 0.4) is 0 Å². The van der Waals surface area contributed by atoms with Crippen LogP contribution in [0.5, 0.6) is 0 Å². The lowest BCUT2D eigenvalue weighted by molar-refractivity contribution is -0.00248. The van der Waals surface area contributed by atoms with Crippen molar-refractivity contribution in [3.63, 3.8) is 0 Å². The Labute approximate surface area is 186 Å². The van der Waals surface area contributed by atoms with Crippen molar-refractivity contribution >= 4 is 11.6 Å². The summed E-state index contributed by atoms with van der Waals surface area (Å²) in [6, 6.07) is 0. The molecule has 0 spiro atoms. The molecule has 0 heterocycles. The summed E-state index contributed by atoms with van der Waals surface area (Å²) >= 11 is 5.64. The highest BCUT2D eigenvalue weighted by Crippen LogP contribution is 2.10. The Morgan fingerprint density at radius 1 is 0.379 bits per heavy atom. The van der Waals surface area contributed by atoms with E-state index in [0.29, 0.717) is 39.6 Å². The van der Waals surface area contributed by atoms with Gasteiger partial charge >= 0.3 is 0 Å². The van der Waals surface area contributed by atoms with E-state index in [1.54, 1.807) is 0 Å². The first-order chi connectivity index (χ1) is 14.4. The molecule has 0 saturated heterocycles. The molecule has 5 heteroatoms. The molecule has 0 aliphatic carbocycles. The predicted molar refractivity (Wildman–Crippen MR) is 124 cm³/mol. The van der Waals surface area contributed by atoms with Gasteiger partial charge in [0.05, 0.1) is 39.6 Å². The van der Waals surface area contributed by atoms with Crippen molar-refractivity contribution in [2.75, 3.05) is 58.7 Å². The highest BCUT2D eigenvalue weighted by molar-refractivity contribution is 6.17. The van der Waals surface area contributed by atoms with Crippen LogP contribution in [0.1, 0.15) is 96.8 Å². The van der Waals surface area contributed by atoms with Gasteiger partial charge in [0, 0.05) is 19.1 Å². The zero-order valence-electron chi connectivity index (χ0n) is 19.3. The summed E-state index contributed by atoms with van der Waals surface area (Å²) in [5.41, 5.74) is 0. The van der Waals surface area contributed by atoms with Crippen molar-refractivity contribution < 1.29 is 18.9 Å². The van der Waals surface area contributed by atoms with Gasteiger partial charge in [-0.25, -0.2) is 0 Å². The van der Waals surface area contributed by atoms with E-state index in [-0.39, 0.29) is 0 Å². The van der Waals surface area contributed by atoms with Crippen LogP contribution >= 0.6 is 11.6 Å². The minimum absolute atomic E-state index is 0.623. The van der Waals surface area contributed by atoms with E-state index in [1.165, 1.54) is 77.0 Å². The van der Waals surface area contributed by atoms with Crippen molar-refractivity contribution in [3.8, 4) is 0 Å². The second-order valence-corrected chi connectivity index (χ2v) is 8.11. The van der Waals surface area contributed by atoms with Gasteiger partial charge in [0.15, 0.2) is 0 Å². The summed E-state index contributed by atoms with van der Waals surface area (Å²) in [5.74, 6) is 0.766. The predicted octanol–water partition coefficient (Wildman–Crippen LogP) is 6.77. The third-order valence-corrected chi connectivity index (χ3v) is 5.20. The fourth-order valence-corrected chi connectivity index (χ4v) is 3.29. The molecular formula is C24H49ClO4. The van der Waals surface area contributed by atoms with Gasteiger partial charge in [-0.3, -0.25) is 0 Å². The van der Waals surface area contributed by atoms with Crippen molar-refractivity contribution in [3.05, 3.63) is 0 Å². The van der Waals surface area contributed by atoms with Crippen LogP contribution in [0, 0.1) is 0 Å². The molecule has 0 unspecified atom stereocenters. The maximum Gasteiger partial charge on any atom is 0.0701 e. The molecular weight excluding hydrogens is 388 g/mol. The Bertz CT molecular complexity index is 254. The minimum atomic E-state index is 0.623. The first-order valence-corrected chi connectivity index (χ1v) is 12.8. The van der Waals surface area contributed by atoms with Crippen molar-refractivity contribution in [2.45, 2.75) is 96.8 Å². The molecule has 0 radical (unpaired) electrons. The maximum absolute atomic E-state index is 5.64. The normalized spacial score (nSPS) is 11.4. The molecule has 4 nitrogen and oxygen atoms in total. The van der Waals surface area contributed by atoms with Crippen LogP contribution < -0.4 is 0 Å². The van der Waals surface area contributed by atoms with Gasteiger partial charge in [-0.1, -0.05) is 77.6 Å². The lowest BCUT2D eigenvalue weighted by atomic mass is 10.1. The zero-order valence-corrected chi connectivity index (χ0v) is 20.0. The number of hydrogen-bond donors (Lipinski definition) is 0. The Kier molecular flexibility index (Phi) is 28.3. The molecule has 0 aromatic heterocycles. The third kappa shape index (κ3) is 28.1. The molecule has 29 heavy (non-hydrogen) atoms. The van der Waals surface area contributed by atoms with E-state index < -0.39 is 0 Å². The van der Waals surface area contributed by atoms with E-state index >= 15 is 0 Å². The topological polar surface area (TPSA) is 36.9 Å². The highest BCUT2D eigenvalue weighted by Gasteiger charge is 1.95.